The average Bonchev–Trinajstić information content (AvgIpc) is 2.45. The molecule has 0 amide bonds. The topological polar surface area (TPSA) is 17.1 Å². The van der Waals surface area contributed by atoms with E-state index in [0.717, 1.165) is 17.8 Å². The van der Waals surface area contributed by atoms with Crippen LogP contribution in [0.1, 0.15) is 109 Å². The van der Waals surface area contributed by atoms with E-state index in [2.05, 4.69) is 67.5 Å². The Morgan fingerprint density at radius 1 is 0.654 bits per heavy atom. The fourth-order valence-electron chi connectivity index (χ4n) is 2.22. The molecule has 0 saturated heterocycles. The van der Waals surface area contributed by atoms with Gasteiger partial charge in [-0.2, -0.15) is 0 Å². The van der Waals surface area contributed by atoms with Gasteiger partial charge in [-0.1, -0.05) is 114 Å². The van der Waals surface area contributed by atoms with Gasteiger partial charge in [0, 0.05) is 11.8 Å². The number of carbonyl (C=O) groups excluding carboxylic acids is 1. The molecule has 0 bridgehead atoms. The molecule has 158 valence electrons. The Morgan fingerprint density at radius 3 is 1.23 bits per heavy atom. The van der Waals surface area contributed by atoms with Crippen molar-refractivity contribution in [2.45, 2.75) is 109 Å². The monoisotopic (exact) mass is 368 g/mol. The molecule has 0 atom stereocenters. The van der Waals surface area contributed by atoms with Gasteiger partial charge in [-0.25, -0.2) is 0 Å². The van der Waals surface area contributed by atoms with Crippen molar-refractivity contribution in [3.63, 3.8) is 0 Å². The molecule has 0 spiro atoms. The van der Waals surface area contributed by atoms with Crippen LogP contribution < -0.4 is 0 Å². The van der Waals surface area contributed by atoms with Gasteiger partial charge in [0.25, 0.3) is 0 Å². The molecule has 0 aromatic carbocycles. The zero-order valence-electron chi connectivity index (χ0n) is 20.4. The minimum absolute atomic E-state index is 0.204. The first-order chi connectivity index (χ1) is 11.8. The minimum Gasteiger partial charge on any atom is -0.299 e. The molecule has 0 N–H and O–H groups in total. The number of carbonyl (C=O) groups is 1. The first kappa shape index (κ1) is 30.1. The summed E-state index contributed by atoms with van der Waals surface area (Å²) >= 11 is 0. The number of hydrogen-bond acceptors (Lipinski definition) is 1. The van der Waals surface area contributed by atoms with Gasteiger partial charge in [-0.3, -0.25) is 4.79 Å². The molecule has 0 radical (unpaired) electrons. The predicted octanol–water partition coefficient (Wildman–Crippen LogP) is 8.58. The smallest absolute Gasteiger partial charge is 0.137 e. The van der Waals surface area contributed by atoms with Crippen molar-refractivity contribution in [1.29, 1.82) is 0 Å². The van der Waals surface area contributed by atoms with Crippen LogP contribution in [0.25, 0.3) is 0 Å². The number of ketones is 1. The van der Waals surface area contributed by atoms with E-state index in [1.54, 1.807) is 0 Å². The molecule has 0 aliphatic rings. The lowest BCUT2D eigenvalue weighted by Crippen LogP contribution is -2.13. The molecule has 0 aliphatic heterocycles. The Kier molecular flexibility index (Phi) is 22.2. The quantitative estimate of drug-likeness (QED) is 0.372. The number of Topliss-reactive ketones (excluding diaryl/α,β-unsaturated/α-hetero) is 1. The minimum atomic E-state index is 0.204. The van der Waals surface area contributed by atoms with Crippen molar-refractivity contribution in [3.8, 4) is 0 Å². The second kappa shape index (κ2) is 19.2. The first-order valence-electron chi connectivity index (χ1n) is 11.0. The van der Waals surface area contributed by atoms with Crippen molar-refractivity contribution in [2.75, 3.05) is 0 Å². The lowest BCUT2D eigenvalue weighted by atomic mass is 9.99. The van der Waals surface area contributed by atoms with Crippen molar-refractivity contribution in [3.05, 3.63) is 12.2 Å². The summed E-state index contributed by atoms with van der Waals surface area (Å²) in [6, 6.07) is 0. The van der Waals surface area contributed by atoms with Crippen molar-refractivity contribution in [2.24, 2.45) is 35.5 Å². The van der Waals surface area contributed by atoms with Crippen LogP contribution in [0.2, 0.25) is 0 Å². The third-order valence-electron chi connectivity index (χ3n) is 3.83. The summed E-state index contributed by atoms with van der Waals surface area (Å²) in [4.78, 5) is 10.8. The normalized spacial score (nSPS) is 11.5. The average molecular weight is 369 g/mol. The zero-order valence-corrected chi connectivity index (χ0v) is 20.4. The third-order valence-corrected chi connectivity index (χ3v) is 3.83. The number of hydrogen-bond donors (Lipinski definition) is 0. The van der Waals surface area contributed by atoms with Crippen molar-refractivity contribution in [1.82, 2.24) is 0 Å². The Morgan fingerprint density at radius 2 is 1.04 bits per heavy atom. The van der Waals surface area contributed by atoms with Gasteiger partial charge in [0.05, 0.1) is 0 Å². The van der Waals surface area contributed by atoms with Crippen LogP contribution in [0.3, 0.4) is 0 Å². The summed E-state index contributed by atoms with van der Waals surface area (Å²) in [6.07, 6.45) is 9.97. The Bertz CT molecular complexity index is 301. The summed E-state index contributed by atoms with van der Waals surface area (Å²) < 4.78 is 0. The summed E-state index contributed by atoms with van der Waals surface area (Å²) in [5.74, 6) is 4.06. The van der Waals surface area contributed by atoms with E-state index in [1.807, 2.05) is 27.7 Å². The molecule has 1 nitrogen and oxygen atoms in total. The number of rotatable bonds is 9. The highest BCUT2D eigenvalue weighted by Gasteiger charge is 2.09. The maximum absolute atomic E-state index is 10.8. The van der Waals surface area contributed by atoms with Gasteiger partial charge in [-0.15, -0.1) is 0 Å². The molecule has 0 rings (SSSR count). The second-order valence-electron chi connectivity index (χ2n) is 9.73. The van der Waals surface area contributed by atoms with Gasteiger partial charge >= 0.3 is 0 Å². The van der Waals surface area contributed by atoms with Gasteiger partial charge in [0.2, 0.25) is 0 Å². The molecule has 0 saturated carbocycles. The molecule has 0 heterocycles. The Labute approximate surface area is 167 Å². The summed E-state index contributed by atoms with van der Waals surface area (Å²) in [6.45, 7) is 25.8. The predicted molar refractivity (Wildman–Crippen MR) is 122 cm³/mol. The lowest BCUT2D eigenvalue weighted by molar-refractivity contribution is -0.124. The molecule has 0 fully saturated rings. The lowest BCUT2D eigenvalue weighted by Gasteiger charge is -2.05. The Balaban J connectivity index is -0.000000306. The maximum atomic E-state index is 10.8. The van der Waals surface area contributed by atoms with E-state index < -0.39 is 0 Å². The largest absolute Gasteiger partial charge is 0.299 e. The van der Waals surface area contributed by atoms with E-state index in [9.17, 15) is 4.79 Å². The van der Waals surface area contributed by atoms with Gasteiger partial charge in [0.15, 0.2) is 0 Å². The highest BCUT2D eigenvalue weighted by Crippen LogP contribution is 2.10. The van der Waals surface area contributed by atoms with E-state index in [-0.39, 0.29) is 11.8 Å². The molecule has 1 heteroatoms. The SMILES string of the molecule is CC(C)/C=C\CC(C)C.CC(C)C(=O)C(C)C.CC(C)CCCC(C)C. The second-order valence-corrected chi connectivity index (χ2v) is 9.73. The highest BCUT2D eigenvalue weighted by molar-refractivity contribution is 5.81. The molecule has 0 unspecified atom stereocenters. The van der Waals surface area contributed by atoms with Gasteiger partial charge in [-0.05, 0) is 30.1 Å². The third kappa shape index (κ3) is 31.2. The van der Waals surface area contributed by atoms with Crippen LogP contribution in [0.15, 0.2) is 12.2 Å². The van der Waals surface area contributed by atoms with Crippen LogP contribution in [0.4, 0.5) is 0 Å². The standard InChI is InChI=1S/C9H20.C9H18.C7H14O/c2*1-8(2)6-5-7-9(3)4;1-5(2)7(8)6(3)4/h8-9H,5-7H2,1-4H3;5-6,8-9H,7H2,1-4H3;5-6H,1-4H3/b;6-5-;. The molecular weight excluding hydrogens is 316 g/mol. The highest BCUT2D eigenvalue weighted by atomic mass is 16.1. The van der Waals surface area contributed by atoms with E-state index in [4.69, 9.17) is 0 Å². The summed E-state index contributed by atoms with van der Waals surface area (Å²) in [5, 5.41) is 0. The van der Waals surface area contributed by atoms with E-state index in [1.165, 1.54) is 25.7 Å². The van der Waals surface area contributed by atoms with E-state index in [0.29, 0.717) is 11.7 Å². The van der Waals surface area contributed by atoms with Crippen LogP contribution >= 0.6 is 0 Å². The fraction of sp³-hybridized carbons (Fsp3) is 0.880. The van der Waals surface area contributed by atoms with Gasteiger partial charge in [0.1, 0.15) is 5.78 Å². The van der Waals surface area contributed by atoms with Crippen LogP contribution in [-0.4, -0.2) is 5.78 Å². The zero-order chi connectivity index (χ0) is 21.3. The first-order valence-corrected chi connectivity index (χ1v) is 11.0. The van der Waals surface area contributed by atoms with Crippen LogP contribution in [0, 0.1) is 35.5 Å². The van der Waals surface area contributed by atoms with Gasteiger partial charge < -0.3 is 0 Å². The number of allylic oxidation sites excluding steroid dienone is 2. The van der Waals surface area contributed by atoms with Crippen molar-refractivity contribution < 1.29 is 4.79 Å². The summed E-state index contributed by atoms with van der Waals surface area (Å²) in [7, 11) is 0. The molecule has 0 aromatic rings. The maximum Gasteiger partial charge on any atom is 0.137 e. The van der Waals surface area contributed by atoms with Crippen LogP contribution in [0.5, 0.6) is 0 Å². The fourth-order valence-corrected chi connectivity index (χ4v) is 2.22. The molecule has 0 aromatic heterocycles. The van der Waals surface area contributed by atoms with Crippen molar-refractivity contribution >= 4 is 5.78 Å². The summed E-state index contributed by atoms with van der Waals surface area (Å²) in [5.41, 5.74) is 0. The molecule has 26 heavy (non-hydrogen) atoms. The van der Waals surface area contributed by atoms with Crippen LogP contribution in [-0.2, 0) is 4.79 Å². The van der Waals surface area contributed by atoms with E-state index >= 15 is 0 Å². The Hall–Kier alpha value is -0.590. The molecular formula is C25H52O. The molecule has 0 aliphatic carbocycles.